The number of hydrogen-bond donors (Lipinski definition) is 0. The Kier molecular flexibility index (Phi) is 7.48. The Morgan fingerprint density at radius 2 is 1.79 bits per heavy atom. The molecular weight excluding hydrogens is 583 g/mol. The number of rotatable bonds is 7. The molecule has 1 atom stereocenters. The molecule has 5 aromatic rings. The second-order valence-corrected chi connectivity index (χ2v) is 13.5. The monoisotopic (exact) mass is 623 g/mol. The van der Waals surface area contributed by atoms with E-state index in [9.17, 15) is 0 Å². The molecule has 0 spiro atoms. The highest BCUT2D eigenvalue weighted by Gasteiger charge is 2.40. The van der Waals surface area contributed by atoms with E-state index in [1.807, 2.05) is 18.3 Å². The SMILES string of the molecule is C=C/C=C(\C=C/C)n1c2c(c3cc(-c4ccc(N(c5ccccn5)C5C=C6C(=CC5)c5ccccc5C6(C)C)cc4)ccc31)CCC=C2. The van der Waals surface area contributed by atoms with Gasteiger partial charge in [-0.2, -0.15) is 0 Å². The Morgan fingerprint density at radius 3 is 2.58 bits per heavy atom. The first-order chi connectivity index (χ1) is 23.5. The quantitative estimate of drug-likeness (QED) is 0.168. The molecule has 0 fully saturated rings. The number of aryl methyl sites for hydroxylation is 1. The van der Waals surface area contributed by atoms with Crippen LogP contribution >= 0.6 is 0 Å². The zero-order chi connectivity index (χ0) is 32.8. The van der Waals surface area contributed by atoms with Gasteiger partial charge in [-0.1, -0.05) is 99.3 Å². The number of allylic oxidation sites excluding steroid dienone is 8. The summed E-state index contributed by atoms with van der Waals surface area (Å²) in [6, 6.07) is 31.2. The van der Waals surface area contributed by atoms with Gasteiger partial charge in [-0.3, -0.25) is 0 Å². The lowest BCUT2D eigenvalue weighted by molar-refractivity contribution is 0.644. The Hall–Kier alpha value is -5.41. The zero-order valence-corrected chi connectivity index (χ0v) is 28.0. The summed E-state index contributed by atoms with van der Waals surface area (Å²) in [4.78, 5) is 7.25. The van der Waals surface area contributed by atoms with Gasteiger partial charge in [0.05, 0.1) is 11.6 Å². The number of benzene rings is 3. The van der Waals surface area contributed by atoms with E-state index in [-0.39, 0.29) is 11.5 Å². The average Bonchev–Trinajstić information content (AvgIpc) is 3.57. The Labute approximate surface area is 284 Å². The number of fused-ring (bicyclic) bond motifs is 6. The maximum absolute atomic E-state index is 4.84. The lowest BCUT2D eigenvalue weighted by atomic mass is 9.79. The first-order valence-corrected chi connectivity index (χ1v) is 17.1. The molecule has 3 aliphatic rings. The molecule has 1 unspecified atom stereocenters. The summed E-state index contributed by atoms with van der Waals surface area (Å²) in [6.07, 6.45) is 22.7. The zero-order valence-electron chi connectivity index (χ0n) is 28.0. The summed E-state index contributed by atoms with van der Waals surface area (Å²) < 4.78 is 2.38. The van der Waals surface area contributed by atoms with Crippen molar-refractivity contribution in [1.29, 1.82) is 0 Å². The van der Waals surface area contributed by atoms with E-state index in [0.717, 1.165) is 36.5 Å². The lowest BCUT2D eigenvalue weighted by Gasteiger charge is -2.35. The third-order valence-corrected chi connectivity index (χ3v) is 10.3. The molecule has 0 radical (unpaired) electrons. The minimum atomic E-state index is -0.0393. The molecule has 236 valence electrons. The van der Waals surface area contributed by atoms with Crippen LogP contribution in [0.1, 0.15) is 56.0 Å². The summed E-state index contributed by atoms with van der Waals surface area (Å²) in [5, 5.41) is 1.32. The van der Waals surface area contributed by atoms with Gasteiger partial charge in [0.25, 0.3) is 0 Å². The van der Waals surface area contributed by atoms with Crippen molar-refractivity contribution < 1.29 is 0 Å². The first-order valence-electron chi connectivity index (χ1n) is 17.1. The van der Waals surface area contributed by atoms with Crippen LogP contribution in [0, 0.1) is 0 Å². The Morgan fingerprint density at radius 1 is 0.979 bits per heavy atom. The van der Waals surface area contributed by atoms with Crippen molar-refractivity contribution in [1.82, 2.24) is 9.55 Å². The highest BCUT2D eigenvalue weighted by Crippen LogP contribution is 2.52. The molecule has 0 bridgehead atoms. The predicted octanol–water partition coefficient (Wildman–Crippen LogP) is 11.5. The van der Waals surface area contributed by atoms with E-state index < -0.39 is 0 Å². The lowest BCUT2D eigenvalue weighted by Crippen LogP contribution is -2.32. The molecule has 0 amide bonds. The maximum atomic E-state index is 4.84. The van der Waals surface area contributed by atoms with Crippen molar-refractivity contribution in [2.75, 3.05) is 4.90 Å². The Bertz CT molecular complexity index is 2200. The molecule has 0 saturated heterocycles. The van der Waals surface area contributed by atoms with Gasteiger partial charge in [-0.25, -0.2) is 4.98 Å². The van der Waals surface area contributed by atoms with Gasteiger partial charge in [0.1, 0.15) is 5.82 Å². The van der Waals surface area contributed by atoms with Crippen LogP contribution in [-0.2, 0) is 11.8 Å². The number of aromatic nitrogens is 2. The minimum absolute atomic E-state index is 0.0393. The number of pyridine rings is 1. The van der Waals surface area contributed by atoms with Crippen molar-refractivity contribution in [2.45, 2.75) is 51.5 Å². The summed E-state index contributed by atoms with van der Waals surface area (Å²) in [5.41, 5.74) is 14.2. The van der Waals surface area contributed by atoms with Crippen molar-refractivity contribution in [2.24, 2.45) is 0 Å². The molecule has 0 saturated carbocycles. The standard InChI is InChI=1S/C45H41N3/c1-5-13-33(14-6-2)48-42-18-10-8-16-38(42)39-29-32(22-27-43(39)48)31-20-23-34(24-21-31)47(44-19-11-12-28-46-44)35-25-26-37-36-15-7-9-17-40(36)45(3,4)41(37)30-35/h5-7,9-15,17-24,26-30,35H,1,8,16,25H2,2-4H3/b14-6-,33-13+. The van der Waals surface area contributed by atoms with E-state index >= 15 is 0 Å². The van der Waals surface area contributed by atoms with Gasteiger partial charge < -0.3 is 9.47 Å². The molecule has 2 heterocycles. The summed E-state index contributed by atoms with van der Waals surface area (Å²) in [6.45, 7) is 10.8. The second-order valence-electron chi connectivity index (χ2n) is 13.5. The van der Waals surface area contributed by atoms with Gasteiger partial charge >= 0.3 is 0 Å². The smallest absolute Gasteiger partial charge is 0.133 e. The van der Waals surface area contributed by atoms with Gasteiger partial charge in [0, 0.05) is 34.1 Å². The van der Waals surface area contributed by atoms with Crippen LogP contribution in [0.5, 0.6) is 0 Å². The highest BCUT2D eigenvalue weighted by atomic mass is 15.2. The summed E-state index contributed by atoms with van der Waals surface area (Å²) >= 11 is 0. The number of anilines is 2. The van der Waals surface area contributed by atoms with E-state index in [4.69, 9.17) is 4.98 Å². The van der Waals surface area contributed by atoms with E-state index in [1.54, 1.807) is 0 Å². The fourth-order valence-corrected chi connectivity index (χ4v) is 8.08. The van der Waals surface area contributed by atoms with Crippen molar-refractivity contribution in [3.05, 3.63) is 168 Å². The molecule has 0 N–H and O–H groups in total. The number of hydrogen-bond acceptors (Lipinski definition) is 2. The maximum Gasteiger partial charge on any atom is 0.133 e. The van der Waals surface area contributed by atoms with E-state index in [0.29, 0.717) is 0 Å². The first kappa shape index (κ1) is 30.0. The molecule has 8 rings (SSSR count). The van der Waals surface area contributed by atoms with Crippen LogP contribution in [0.4, 0.5) is 11.5 Å². The fraction of sp³-hybridized carbons (Fsp3) is 0.178. The molecule has 48 heavy (non-hydrogen) atoms. The Balaban J connectivity index is 1.17. The fourth-order valence-electron chi connectivity index (χ4n) is 8.08. The third kappa shape index (κ3) is 4.85. The van der Waals surface area contributed by atoms with Crippen LogP contribution in [0.15, 0.2) is 146 Å². The number of nitrogens with zero attached hydrogens (tertiary/aromatic N) is 3. The van der Waals surface area contributed by atoms with E-state index in [1.165, 1.54) is 55.6 Å². The molecule has 3 nitrogen and oxygen atoms in total. The van der Waals surface area contributed by atoms with Crippen molar-refractivity contribution >= 4 is 39.8 Å². The normalized spacial score (nSPS) is 17.9. The molecule has 3 aliphatic carbocycles. The molecule has 0 aliphatic heterocycles. The highest BCUT2D eigenvalue weighted by molar-refractivity contribution is 5.96. The van der Waals surface area contributed by atoms with Crippen molar-refractivity contribution in [3.63, 3.8) is 0 Å². The summed E-state index contributed by atoms with van der Waals surface area (Å²) in [5.74, 6) is 0.962. The molecule has 3 heteroatoms. The van der Waals surface area contributed by atoms with Gasteiger partial charge in [-0.15, -0.1) is 0 Å². The average molecular weight is 624 g/mol. The van der Waals surface area contributed by atoms with Crippen LogP contribution in [0.2, 0.25) is 0 Å². The van der Waals surface area contributed by atoms with Gasteiger partial charge in [0.15, 0.2) is 0 Å². The molecular formula is C45H41N3. The largest absolute Gasteiger partial charge is 0.319 e. The van der Waals surface area contributed by atoms with Gasteiger partial charge in [-0.05, 0) is 120 Å². The molecule has 3 aromatic carbocycles. The van der Waals surface area contributed by atoms with Crippen LogP contribution in [0.25, 0.3) is 39.4 Å². The topological polar surface area (TPSA) is 21.1 Å². The van der Waals surface area contributed by atoms with Crippen LogP contribution in [-0.4, -0.2) is 15.6 Å². The van der Waals surface area contributed by atoms with E-state index in [2.05, 4.69) is 158 Å². The summed E-state index contributed by atoms with van der Waals surface area (Å²) in [7, 11) is 0. The third-order valence-electron chi connectivity index (χ3n) is 10.3. The minimum Gasteiger partial charge on any atom is -0.319 e. The second kappa shape index (κ2) is 12.0. The van der Waals surface area contributed by atoms with Gasteiger partial charge in [0.2, 0.25) is 0 Å². The predicted molar refractivity (Wildman–Crippen MR) is 204 cm³/mol. The molecule has 2 aromatic heterocycles. The van der Waals surface area contributed by atoms with Crippen molar-refractivity contribution in [3.8, 4) is 11.1 Å². The van der Waals surface area contributed by atoms with Crippen LogP contribution in [0.3, 0.4) is 0 Å². The van der Waals surface area contributed by atoms with Crippen LogP contribution < -0.4 is 4.90 Å².